The van der Waals surface area contributed by atoms with Gasteiger partial charge in [-0.2, -0.15) is 0 Å². The van der Waals surface area contributed by atoms with Crippen LogP contribution in [0.25, 0.3) is 0 Å². The van der Waals surface area contributed by atoms with Gasteiger partial charge in [-0.05, 0) is 63.9 Å². The normalized spacial score (nSPS) is 41.9. The Morgan fingerprint density at radius 1 is 1.31 bits per heavy atom. The Hall–Kier alpha value is -1.52. The summed E-state index contributed by atoms with van der Waals surface area (Å²) in [7, 11) is 0. The minimum Gasteiger partial charge on any atom is -0.392 e. The minimum atomic E-state index is -0.356. The van der Waals surface area contributed by atoms with E-state index in [4.69, 9.17) is 4.74 Å². The van der Waals surface area contributed by atoms with Crippen LogP contribution in [-0.4, -0.2) is 35.0 Å². The first-order valence-corrected chi connectivity index (χ1v) is 11.0. The fraction of sp³-hybridized carbons (Fsp3) is 0.680. The van der Waals surface area contributed by atoms with Crippen molar-refractivity contribution in [2.75, 3.05) is 6.61 Å². The topological polar surface area (TPSA) is 63.6 Å². The van der Waals surface area contributed by atoms with Crippen molar-refractivity contribution in [3.05, 3.63) is 34.4 Å². The van der Waals surface area contributed by atoms with Gasteiger partial charge in [0.05, 0.1) is 18.3 Å². The van der Waals surface area contributed by atoms with Gasteiger partial charge < -0.3 is 9.84 Å². The van der Waals surface area contributed by atoms with E-state index in [1.807, 2.05) is 6.92 Å². The lowest BCUT2D eigenvalue weighted by atomic mass is 9.63. The van der Waals surface area contributed by atoms with Gasteiger partial charge in [-0.25, -0.2) is 0 Å². The monoisotopic (exact) mass is 398 g/mol. The summed E-state index contributed by atoms with van der Waals surface area (Å²) in [6.45, 7) is 10.4. The number of carbonyl (C=O) groups excluding carboxylic acids is 2. The van der Waals surface area contributed by atoms with Crippen LogP contribution in [0.15, 0.2) is 34.4 Å². The largest absolute Gasteiger partial charge is 0.392 e. The maximum atomic E-state index is 13.3. The number of carbonyl (C=O) groups is 2. The summed E-state index contributed by atoms with van der Waals surface area (Å²) < 4.78 is 6.75. The van der Waals surface area contributed by atoms with Crippen LogP contribution in [0, 0.1) is 23.2 Å². The molecule has 0 aromatic carbocycles. The zero-order valence-corrected chi connectivity index (χ0v) is 18.4. The molecule has 0 aromatic rings. The molecule has 1 N–H and O–H groups in total. The molecule has 1 aliphatic heterocycles. The third-order valence-corrected chi connectivity index (χ3v) is 8.23. The first-order chi connectivity index (χ1) is 13.6. The van der Waals surface area contributed by atoms with E-state index in [1.54, 1.807) is 6.08 Å². The Balaban J connectivity index is 1.77. The van der Waals surface area contributed by atoms with Gasteiger partial charge in [0.25, 0.3) is 0 Å². The Labute approximate surface area is 174 Å². The number of ether oxygens (including phenoxy) is 1. The summed E-state index contributed by atoms with van der Waals surface area (Å²) >= 11 is 0. The van der Waals surface area contributed by atoms with E-state index in [0.717, 1.165) is 31.3 Å². The highest BCUT2D eigenvalue weighted by atomic mass is 16.5. The van der Waals surface area contributed by atoms with Crippen LogP contribution >= 0.6 is 0 Å². The Bertz CT molecular complexity index is 843. The van der Waals surface area contributed by atoms with E-state index in [2.05, 4.69) is 33.8 Å². The summed E-state index contributed by atoms with van der Waals surface area (Å²) in [4.78, 5) is 25.9. The van der Waals surface area contributed by atoms with Gasteiger partial charge in [0.1, 0.15) is 0 Å². The summed E-state index contributed by atoms with van der Waals surface area (Å²) in [5, 5.41) is 9.99. The third-order valence-electron chi connectivity index (χ3n) is 8.23. The van der Waals surface area contributed by atoms with E-state index >= 15 is 0 Å². The van der Waals surface area contributed by atoms with Crippen molar-refractivity contribution in [3.63, 3.8) is 0 Å². The van der Waals surface area contributed by atoms with Crippen LogP contribution in [0.4, 0.5) is 0 Å². The van der Waals surface area contributed by atoms with E-state index < -0.39 is 0 Å². The number of ketones is 2. The fourth-order valence-electron chi connectivity index (χ4n) is 6.79. The van der Waals surface area contributed by atoms with Crippen LogP contribution < -0.4 is 0 Å². The molecule has 6 atom stereocenters. The molecule has 1 saturated carbocycles. The molecule has 1 spiro atoms. The van der Waals surface area contributed by atoms with Crippen molar-refractivity contribution in [1.82, 2.24) is 0 Å². The number of hydrogen-bond acceptors (Lipinski definition) is 4. The van der Waals surface area contributed by atoms with Crippen molar-refractivity contribution in [3.8, 4) is 0 Å². The Morgan fingerprint density at radius 2 is 2.03 bits per heavy atom. The van der Waals surface area contributed by atoms with Crippen LogP contribution in [0.1, 0.15) is 66.7 Å². The molecule has 0 unspecified atom stereocenters. The zero-order valence-electron chi connectivity index (χ0n) is 18.4. The van der Waals surface area contributed by atoms with Gasteiger partial charge in [-0.1, -0.05) is 31.1 Å². The number of rotatable bonds is 2. The molecule has 4 rings (SSSR count). The molecule has 4 aliphatic rings. The van der Waals surface area contributed by atoms with Crippen molar-refractivity contribution in [2.45, 2.75) is 78.4 Å². The van der Waals surface area contributed by atoms with E-state index in [1.165, 1.54) is 5.57 Å². The van der Waals surface area contributed by atoms with Gasteiger partial charge in [0.2, 0.25) is 0 Å². The number of hydrogen-bond donors (Lipinski definition) is 1. The maximum absolute atomic E-state index is 13.3. The second-order valence-electron chi connectivity index (χ2n) is 10.4. The Morgan fingerprint density at radius 3 is 2.69 bits per heavy atom. The van der Waals surface area contributed by atoms with Crippen LogP contribution in [0.5, 0.6) is 0 Å². The molecule has 0 radical (unpaired) electrons. The zero-order chi connectivity index (χ0) is 21.1. The number of fused-ring (bicyclic) bond motifs is 3. The maximum Gasteiger partial charge on any atom is 0.182 e. The van der Waals surface area contributed by atoms with E-state index in [9.17, 15) is 14.7 Å². The van der Waals surface area contributed by atoms with Gasteiger partial charge in [-0.15, -0.1) is 0 Å². The molecule has 2 fully saturated rings. The van der Waals surface area contributed by atoms with Crippen molar-refractivity contribution < 1.29 is 19.4 Å². The molecule has 29 heavy (non-hydrogen) atoms. The van der Waals surface area contributed by atoms with Crippen LogP contribution in [0.2, 0.25) is 0 Å². The highest BCUT2D eigenvalue weighted by Crippen LogP contribution is 2.63. The molecule has 4 nitrogen and oxygen atoms in total. The highest BCUT2D eigenvalue weighted by molar-refractivity contribution is 6.14. The van der Waals surface area contributed by atoms with Crippen molar-refractivity contribution in [1.29, 1.82) is 0 Å². The third kappa shape index (κ3) is 3.11. The predicted molar refractivity (Wildman–Crippen MR) is 112 cm³/mol. The lowest BCUT2D eigenvalue weighted by Crippen LogP contribution is -2.46. The number of aliphatic hydroxyl groups is 1. The molecule has 0 bridgehead atoms. The van der Waals surface area contributed by atoms with Gasteiger partial charge in [0, 0.05) is 29.4 Å². The SMILES string of the molecule is CC(C)=C[C@H]1C[C@H](C)[C@]2(CC[C@]3(C)C[C@@H]4C(C)=CC(=O)C4=C(CO)C(=O)C[C@H]32)O1. The number of allylic oxidation sites excluding steroid dienone is 4. The second kappa shape index (κ2) is 7.02. The van der Waals surface area contributed by atoms with Crippen LogP contribution in [0.3, 0.4) is 0 Å². The highest BCUT2D eigenvalue weighted by Gasteiger charge is 2.62. The van der Waals surface area contributed by atoms with Gasteiger partial charge in [-0.3, -0.25) is 9.59 Å². The number of Topliss-reactive ketones (excluding diaryl/α,β-unsaturated/α-hetero) is 1. The molecule has 1 saturated heterocycles. The summed E-state index contributed by atoms with van der Waals surface area (Å²) in [5.41, 5.74) is 2.82. The average molecular weight is 399 g/mol. The van der Waals surface area contributed by atoms with Crippen LogP contribution in [-0.2, 0) is 14.3 Å². The Kier molecular flexibility index (Phi) is 5.02. The first kappa shape index (κ1) is 20.7. The standard InChI is InChI=1S/C25H34O4/c1-14(2)8-17-10-16(4)25(29-17)7-6-24(5)12-18-15(3)9-21(28)23(18)19(13-26)20(27)11-22(24)25/h8-9,16-18,22,26H,6-7,10-13H2,1-5H3/t16-,17-,18+,22+,24+,25-/m0/s1. The second-order valence-corrected chi connectivity index (χ2v) is 10.4. The van der Waals surface area contributed by atoms with E-state index in [-0.39, 0.29) is 47.1 Å². The van der Waals surface area contributed by atoms with Gasteiger partial charge >= 0.3 is 0 Å². The molecular formula is C25H34O4. The molecule has 0 amide bonds. The summed E-state index contributed by atoms with van der Waals surface area (Å²) in [6, 6.07) is 0. The first-order valence-electron chi connectivity index (χ1n) is 11.0. The van der Waals surface area contributed by atoms with Gasteiger partial charge in [0.15, 0.2) is 11.6 Å². The molecule has 0 aromatic heterocycles. The minimum absolute atomic E-state index is 0.0539. The lowest BCUT2D eigenvalue weighted by Gasteiger charge is -2.44. The predicted octanol–water partition coefficient (Wildman–Crippen LogP) is 4.33. The molecular weight excluding hydrogens is 364 g/mol. The quantitative estimate of drug-likeness (QED) is 0.703. The number of aliphatic hydroxyl groups excluding tert-OH is 1. The smallest absolute Gasteiger partial charge is 0.182 e. The summed E-state index contributed by atoms with van der Waals surface area (Å²) in [6.07, 6.45) is 8.16. The molecule has 1 heterocycles. The van der Waals surface area contributed by atoms with Crippen molar-refractivity contribution in [2.24, 2.45) is 23.2 Å². The molecule has 4 heteroatoms. The van der Waals surface area contributed by atoms with E-state index in [0.29, 0.717) is 23.5 Å². The fourth-order valence-corrected chi connectivity index (χ4v) is 6.79. The lowest BCUT2D eigenvalue weighted by molar-refractivity contribution is -0.127. The molecule has 158 valence electrons. The van der Waals surface area contributed by atoms with Crippen molar-refractivity contribution >= 4 is 11.6 Å². The summed E-state index contributed by atoms with van der Waals surface area (Å²) in [5.74, 6) is 0.280. The molecule has 3 aliphatic carbocycles. The average Bonchev–Trinajstić information content (AvgIpc) is 3.17.